The first-order valence-corrected chi connectivity index (χ1v) is 7.34. The molecule has 0 atom stereocenters. The first-order valence-electron chi connectivity index (χ1n) is 6.17. The molecule has 0 unspecified atom stereocenters. The van der Waals surface area contributed by atoms with Crippen molar-refractivity contribution in [2.75, 3.05) is 0 Å². The van der Waals surface area contributed by atoms with Crippen molar-refractivity contribution in [3.05, 3.63) is 61.9 Å². The van der Waals surface area contributed by atoms with Gasteiger partial charge < -0.3 is 9.52 Å². The number of hydrogen-bond acceptors (Lipinski definition) is 4. The van der Waals surface area contributed by atoms with E-state index in [1.165, 1.54) is 6.07 Å². The molecule has 0 aliphatic heterocycles. The summed E-state index contributed by atoms with van der Waals surface area (Å²) in [5, 5.41) is 20.0. The number of nitrogens with zero attached hydrogens (tertiary/aromatic N) is 1. The zero-order valence-corrected chi connectivity index (χ0v) is 13.3. The van der Waals surface area contributed by atoms with Crippen LogP contribution in [0.3, 0.4) is 0 Å². The highest BCUT2D eigenvalue weighted by molar-refractivity contribution is 9.10. The highest BCUT2D eigenvalue weighted by Crippen LogP contribution is 2.38. The van der Waals surface area contributed by atoms with E-state index < -0.39 is 5.63 Å². The highest BCUT2D eigenvalue weighted by atomic mass is 79.9. The molecule has 0 aliphatic rings. The molecule has 0 saturated heterocycles. The van der Waals surface area contributed by atoms with E-state index in [2.05, 4.69) is 15.9 Å². The zero-order valence-electron chi connectivity index (χ0n) is 10.9. The average Bonchev–Trinajstić information content (AvgIpc) is 2.49. The second-order valence-corrected chi connectivity index (χ2v) is 5.79. The molecule has 2 aromatic carbocycles. The number of benzene rings is 2. The van der Waals surface area contributed by atoms with Crippen LogP contribution in [0.5, 0.6) is 5.75 Å². The average molecular weight is 377 g/mol. The second kappa shape index (κ2) is 5.48. The van der Waals surface area contributed by atoms with E-state index >= 15 is 0 Å². The van der Waals surface area contributed by atoms with E-state index in [9.17, 15) is 15.2 Å². The third-order valence-corrected chi connectivity index (χ3v) is 4.19. The molecule has 108 valence electrons. The van der Waals surface area contributed by atoms with E-state index in [4.69, 9.17) is 16.0 Å². The monoisotopic (exact) mass is 375 g/mol. The molecular weight excluding hydrogens is 370 g/mol. The molecule has 3 rings (SSSR count). The molecule has 22 heavy (non-hydrogen) atoms. The molecule has 0 amide bonds. The Balaban J connectivity index is 2.56. The van der Waals surface area contributed by atoms with Crippen LogP contribution in [0.2, 0.25) is 5.02 Å². The molecule has 0 bridgehead atoms. The first-order chi connectivity index (χ1) is 10.5. The van der Waals surface area contributed by atoms with E-state index in [1.54, 1.807) is 30.3 Å². The number of phenols is 1. The van der Waals surface area contributed by atoms with Gasteiger partial charge in [-0.05, 0) is 28.1 Å². The van der Waals surface area contributed by atoms with Crippen LogP contribution in [0.4, 0.5) is 0 Å². The van der Waals surface area contributed by atoms with Gasteiger partial charge in [-0.1, -0.05) is 29.8 Å². The Labute approximate surface area is 138 Å². The highest BCUT2D eigenvalue weighted by Gasteiger charge is 2.19. The van der Waals surface area contributed by atoms with Crippen molar-refractivity contribution in [1.29, 1.82) is 5.26 Å². The molecule has 0 fully saturated rings. The van der Waals surface area contributed by atoms with Gasteiger partial charge in [-0.15, -0.1) is 0 Å². The first kappa shape index (κ1) is 14.6. The molecule has 4 nitrogen and oxygen atoms in total. The van der Waals surface area contributed by atoms with E-state index in [0.717, 1.165) is 0 Å². The summed E-state index contributed by atoms with van der Waals surface area (Å²) in [5.74, 6) is -0.0644. The van der Waals surface area contributed by atoms with Crippen LogP contribution in [-0.4, -0.2) is 5.11 Å². The van der Waals surface area contributed by atoms with Gasteiger partial charge in [0.2, 0.25) is 0 Å². The molecule has 0 radical (unpaired) electrons. The Morgan fingerprint density at radius 3 is 2.68 bits per heavy atom. The van der Waals surface area contributed by atoms with Crippen molar-refractivity contribution in [3.63, 3.8) is 0 Å². The van der Waals surface area contributed by atoms with Crippen molar-refractivity contribution >= 4 is 38.5 Å². The number of rotatable bonds is 1. The third-order valence-electron chi connectivity index (χ3n) is 3.23. The largest absolute Gasteiger partial charge is 0.507 e. The fraction of sp³-hybridized carbons (Fsp3) is 0. The van der Waals surface area contributed by atoms with Crippen LogP contribution in [0, 0.1) is 11.3 Å². The number of hydrogen-bond donors (Lipinski definition) is 1. The number of aromatic hydroxyl groups is 1. The Kier molecular flexibility index (Phi) is 3.65. The number of phenolic OH excluding ortho intramolecular Hbond substituents is 1. The van der Waals surface area contributed by atoms with E-state index in [-0.39, 0.29) is 16.9 Å². The minimum Gasteiger partial charge on any atom is -0.507 e. The lowest BCUT2D eigenvalue weighted by atomic mass is 9.97. The van der Waals surface area contributed by atoms with Gasteiger partial charge in [-0.25, -0.2) is 4.79 Å². The van der Waals surface area contributed by atoms with Gasteiger partial charge in [0.25, 0.3) is 0 Å². The maximum atomic E-state index is 12.0. The fourth-order valence-electron chi connectivity index (χ4n) is 2.26. The maximum Gasteiger partial charge on any atom is 0.354 e. The summed E-state index contributed by atoms with van der Waals surface area (Å²) < 4.78 is 5.54. The summed E-state index contributed by atoms with van der Waals surface area (Å²) in [6.45, 7) is 0. The van der Waals surface area contributed by atoms with Gasteiger partial charge in [0.15, 0.2) is 0 Å². The van der Waals surface area contributed by atoms with E-state index in [0.29, 0.717) is 26.0 Å². The molecular formula is C16H7BrClNO3. The minimum absolute atomic E-state index is 0.0644. The smallest absolute Gasteiger partial charge is 0.354 e. The topological polar surface area (TPSA) is 74.2 Å². The predicted octanol–water partition coefficient (Wildman–Crippen LogP) is 4.45. The van der Waals surface area contributed by atoms with Crippen LogP contribution >= 0.6 is 27.5 Å². The number of fused-ring (bicyclic) bond motifs is 1. The minimum atomic E-state index is -0.772. The molecule has 1 aromatic heterocycles. The normalized spacial score (nSPS) is 10.6. The van der Waals surface area contributed by atoms with Crippen LogP contribution in [0.1, 0.15) is 5.56 Å². The van der Waals surface area contributed by atoms with Crippen LogP contribution < -0.4 is 5.63 Å². The Morgan fingerprint density at radius 2 is 2.00 bits per heavy atom. The molecule has 3 aromatic rings. The quantitative estimate of drug-likeness (QED) is 0.637. The molecule has 0 aliphatic carbocycles. The lowest BCUT2D eigenvalue weighted by Crippen LogP contribution is -2.07. The van der Waals surface area contributed by atoms with Gasteiger partial charge in [-0.2, -0.15) is 5.26 Å². The van der Waals surface area contributed by atoms with Crippen molar-refractivity contribution in [1.82, 2.24) is 0 Å². The SMILES string of the molecule is N#Cc1c(-c2ccccc2Cl)c2cc(Br)c(O)cc2oc1=O. The van der Waals surface area contributed by atoms with Gasteiger partial charge in [0, 0.05) is 27.6 Å². The standard InChI is InChI=1S/C16H7BrClNO3/c17-11-5-9-14(6-13(11)20)22-16(21)10(7-19)15(9)8-3-1-2-4-12(8)18/h1-6,20H. The van der Waals surface area contributed by atoms with Crippen LogP contribution in [0.15, 0.2) is 50.1 Å². The van der Waals surface area contributed by atoms with Crippen molar-refractivity contribution in [2.45, 2.75) is 0 Å². The van der Waals surface area contributed by atoms with Gasteiger partial charge >= 0.3 is 5.63 Å². The zero-order chi connectivity index (χ0) is 15.9. The second-order valence-electron chi connectivity index (χ2n) is 4.53. The van der Waals surface area contributed by atoms with Crippen LogP contribution in [0.25, 0.3) is 22.1 Å². The molecule has 0 spiro atoms. The fourth-order valence-corrected chi connectivity index (χ4v) is 2.83. The van der Waals surface area contributed by atoms with Gasteiger partial charge in [0.1, 0.15) is 23.0 Å². The Hall–Kier alpha value is -2.29. The summed E-state index contributed by atoms with van der Waals surface area (Å²) in [4.78, 5) is 12.0. The van der Waals surface area contributed by atoms with Crippen LogP contribution in [-0.2, 0) is 0 Å². The summed E-state index contributed by atoms with van der Waals surface area (Å²) in [7, 11) is 0. The number of halogens is 2. The van der Waals surface area contributed by atoms with Gasteiger partial charge in [-0.3, -0.25) is 0 Å². The van der Waals surface area contributed by atoms with Crippen molar-refractivity contribution in [3.8, 4) is 22.9 Å². The molecule has 1 N–H and O–H groups in total. The Bertz CT molecular complexity index is 1000. The van der Waals surface area contributed by atoms with Crippen molar-refractivity contribution < 1.29 is 9.52 Å². The summed E-state index contributed by atoms with van der Waals surface area (Å²) in [6, 6.07) is 11.7. The molecule has 1 heterocycles. The summed E-state index contributed by atoms with van der Waals surface area (Å²) >= 11 is 9.43. The van der Waals surface area contributed by atoms with E-state index in [1.807, 2.05) is 6.07 Å². The predicted molar refractivity (Wildman–Crippen MR) is 87.0 cm³/mol. The third kappa shape index (κ3) is 2.27. The lowest BCUT2D eigenvalue weighted by molar-refractivity contribution is 0.469. The summed E-state index contributed by atoms with van der Waals surface area (Å²) in [5.41, 5.74) is 0.223. The molecule has 6 heteroatoms. The maximum absolute atomic E-state index is 12.0. The van der Waals surface area contributed by atoms with Crippen molar-refractivity contribution in [2.24, 2.45) is 0 Å². The van der Waals surface area contributed by atoms with Gasteiger partial charge in [0.05, 0.1) is 4.47 Å². The lowest BCUT2D eigenvalue weighted by Gasteiger charge is -2.10. The number of nitriles is 1. The Morgan fingerprint density at radius 1 is 1.27 bits per heavy atom. The molecule has 0 saturated carbocycles. The summed E-state index contributed by atoms with van der Waals surface area (Å²) in [6.07, 6.45) is 0.